The maximum atomic E-state index is 12.9. The van der Waals surface area contributed by atoms with E-state index in [1.54, 1.807) is 0 Å². The minimum absolute atomic E-state index is 0.0813. The van der Waals surface area contributed by atoms with Crippen LogP contribution in [0.3, 0.4) is 0 Å². The summed E-state index contributed by atoms with van der Waals surface area (Å²) in [4.78, 5) is 24.2. The first-order valence-electron chi connectivity index (χ1n) is 15.1. The second-order valence-electron chi connectivity index (χ2n) is 12.5. The van der Waals surface area contributed by atoms with Gasteiger partial charge in [0.15, 0.2) is 0 Å². The number of carbonyl (C=O) groups excluding carboxylic acids is 1. The molecule has 8 heteroatoms. The number of piperazine rings is 1. The zero-order chi connectivity index (χ0) is 28.1. The lowest BCUT2D eigenvalue weighted by Crippen LogP contribution is -2.58. The van der Waals surface area contributed by atoms with Gasteiger partial charge < -0.3 is 19.7 Å². The van der Waals surface area contributed by atoms with E-state index in [4.69, 9.17) is 9.47 Å². The number of pyridine rings is 1. The van der Waals surface area contributed by atoms with Gasteiger partial charge in [0, 0.05) is 56.8 Å². The van der Waals surface area contributed by atoms with Gasteiger partial charge in [-0.3, -0.25) is 14.8 Å². The van der Waals surface area contributed by atoms with Crippen molar-refractivity contribution in [2.45, 2.75) is 77.1 Å². The first-order chi connectivity index (χ1) is 19.3. The smallest absolute Gasteiger partial charge is 0.410 e. The molecule has 0 radical (unpaired) electrons. The van der Waals surface area contributed by atoms with Crippen molar-refractivity contribution in [1.82, 2.24) is 20.1 Å². The van der Waals surface area contributed by atoms with Crippen molar-refractivity contribution in [3.8, 4) is 0 Å². The highest BCUT2D eigenvalue weighted by atomic mass is 16.6. The van der Waals surface area contributed by atoms with Crippen molar-refractivity contribution < 1.29 is 14.3 Å². The molecule has 2 atom stereocenters. The molecule has 1 aromatic heterocycles. The van der Waals surface area contributed by atoms with Gasteiger partial charge >= 0.3 is 6.09 Å². The highest BCUT2D eigenvalue weighted by Crippen LogP contribution is 2.33. The number of hydrogen-bond donors (Lipinski definition) is 1. The number of nitrogens with one attached hydrogen (secondary N) is 1. The number of hydrogen-bond acceptors (Lipinski definition) is 7. The van der Waals surface area contributed by atoms with Gasteiger partial charge in [-0.25, -0.2) is 4.79 Å². The number of anilines is 1. The third-order valence-corrected chi connectivity index (χ3v) is 8.41. The lowest BCUT2D eigenvalue weighted by Gasteiger charge is -2.46. The third kappa shape index (κ3) is 6.96. The first kappa shape index (κ1) is 28.8. The maximum Gasteiger partial charge on any atom is 0.410 e. The van der Waals surface area contributed by atoms with E-state index in [9.17, 15) is 4.79 Å². The summed E-state index contributed by atoms with van der Waals surface area (Å²) < 4.78 is 11.4. The molecule has 1 N–H and O–H groups in total. The summed E-state index contributed by atoms with van der Waals surface area (Å²) in [6, 6.07) is 11.3. The number of fused-ring (bicyclic) bond motifs is 3. The molecule has 3 aliphatic heterocycles. The first-order valence-corrected chi connectivity index (χ1v) is 15.1. The average molecular weight is 550 g/mol. The summed E-state index contributed by atoms with van der Waals surface area (Å²) in [5.41, 5.74) is 6.23. The molecule has 0 saturated carbocycles. The minimum Gasteiger partial charge on any atom is -0.444 e. The molecule has 218 valence electrons. The van der Waals surface area contributed by atoms with Crippen LogP contribution in [0.5, 0.6) is 0 Å². The Bertz CT molecular complexity index is 1120. The summed E-state index contributed by atoms with van der Waals surface area (Å²) in [6.07, 6.45) is 7.60. The highest BCUT2D eigenvalue weighted by molar-refractivity contribution is 5.70. The van der Waals surface area contributed by atoms with Crippen LogP contribution in [0, 0.1) is 0 Å². The Kier molecular flexibility index (Phi) is 9.28. The number of carbonyl (C=O) groups is 1. The molecular weight excluding hydrogens is 502 g/mol. The van der Waals surface area contributed by atoms with E-state index in [0.717, 1.165) is 52.4 Å². The zero-order valence-electron chi connectivity index (χ0n) is 24.8. The monoisotopic (exact) mass is 549 g/mol. The van der Waals surface area contributed by atoms with E-state index < -0.39 is 5.60 Å². The van der Waals surface area contributed by atoms with E-state index >= 15 is 0 Å². The molecule has 0 bridgehead atoms. The Balaban J connectivity index is 0.000000269. The Hall–Kier alpha value is -2.68. The van der Waals surface area contributed by atoms with E-state index in [-0.39, 0.29) is 12.1 Å². The van der Waals surface area contributed by atoms with Crippen LogP contribution in [-0.2, 0) is 35.3 Å². The third-order valence-electron chi connectivity index (χ3n) is 8.41. The summed E-state index contributed by atoms with van der Waals surface area (Å²) in [6.45, 7) is 12.9. The van der Waals surface area contributed by atoms with Gasteiger partial charge in [0.1, 0.15) is 5.60 Å². The highest BCUT2D eigenvalue weighted by Gasteiger charge is 2.36. The lowest BCUT2D eigenvalue weighted by atomic mass is 9.91. The molecule has 2 aromatic rings. The van der Waals surface area contributed by atoms with Crippen molar-refractivity contribution in [3.05, 3.63) is 58.9 Å². The van der Waals surface area contributed by atoms with Crippen LogP contribution in [-0.4, -0.2) is 91.5 Å². The van der Waals surface area contributed by atoms with Crippen LogP contribution in [0.15, 0.2) is 36.5 Å². The molecular formula is C32H47N5O3. The van der Waals surface area contributed by atoms with Crippen LogP contribution >= 0.6 is 0 Å². The van der Waals surface area contributed by atoms with Gasteiger partial charge in [-0.05, 0) is 88.7 Å². The summed E-state index contributed by atoms with van der Waals surface area (Å²) >= 11 is 0. The number of aromatic nitrogens is 1. The van der Waals surface area contributed by atoms with Crippen LogP contribution in [0.2, 0.25) is 0 Å². The predicted octanol–water partition coefficient (Wildman–Crippen LogP) is 4.05. The fourth-order valence-corrected chi connectivity index (χ4v) is 6.41. The standard InChI is InChI=1S/C23H36N4O3.C9H11N/c1-23(2,3)30-22(28)27-14-17-6-5-7-21(20(17)12-18(27)13-24-4)26-9-8-25-10-11-29-16-19(25)15-26;1-2-6-9-8(4-1)5-3-7-10-9/h5-7,18-19,24H,8-16H2,1-4H3;3,5,7H,1-2,4,6H2. The number of likely N-dealkylation sites (N-methyl/N-ethyl adjacent to an activating group) is 1. The van der Waals surface area contributed by atoms with E-state index in [1.807, 2.05) is 45.0 Å². The number of morpholine rings is 1. The van der Waals surface area contributed by atoms with Gasteiger partial charge in [-0.1, -0.05) is 18.2 Å². The molecule has 8 nitrogen and oxygen atoms in total. The topological polar surface area (TPSA) is 70.2 Å². The van der Waals surface area contributed by atoms with E-state index in [1.165, 1.54) is 53.8 Å². The fraction of sp³-hybridized carbons (Fsp3) is 0.625. The molecule has 40 heavy (non-hydrogen) atoms. The van der Waals surface area contributed by atoms with Crippen molar-refractivity contribution in [1.29, 1.82) is 0 Å². The summed E-state index contributed by atoms with van der Waals surface area (Å²) in [5, 5.41) is 3.27. The molecule has 0 spiro atoms. The van der Waals surface area contributed by atoms with E-state index in [2.05, 4.69) is 44.4 Å². The van der Waals surface area contributed by atoms with Gasteiger partial charge in [0.05, 0.1) is 25.3 Å². The largest absolute Gasteiger partial charge is 0.444 e. The van der Waals surface area contributed by atoms with Crippen LogP contribution in [0.25, 0.3) is 0 Å². The molecule has 2 fully saturated rings. The molecule has 6 rings (SSSR count). The molecule has 2 saturated heterocycles. The molecule has 4 aliphatic rings. The van der Waals surface area contributed by atoms with Gasteiger partial charge in [-0.2, -0.15) is 0 Å². The molecule has 1 aliphatic carbocycles. The second-order valence-corrected chi connectivity index (χ2v) is 12.5. The van der Waals surface area contributed by atoms with Crippen molar-refractivity contribution in [2.24, 2.45) is 0 Å². The number of rotatable bonds is 3. The van der Waals surface area contributed by atoms with Crippen molar-refractivity contribution in [2.75, 3.05) is 57.9 Å². The van der Waals surface area contributed by atoms with Crippen LogP contribution < -0.4 is 10.2 Å². The normalized spacial score (nSPS) is 22.8. The molecule has 1 aromatic carbocycles. The molecule has 2 unspecified atom stereocenters. The van der Waals surface area contributed by atoms with Crippen LogP contribution in [0.1, 0.15) is 56.0 Å². The Morgan fingerprint density at radius 2 is 1.93 bits per heavy atom. The number of nitrogens with zero attached hydrogens (tertiary/aromatic N) is 4. The Morgan fingerprint density at radius 1 is 1.10 bits per heavy atom. The van der Waals surface area contributed by atoms with Crippen molar-refractivity contribution in [3.63, 3.8) is 0 Å². The second kappa shape index (κ2) is 12.9. The average Bonchev–Trinajstić information content (AvgIpc) is 2.96. The Morgan fingerprint density at radius 3 is 2.73 bits per heavy atom. The van der Waals surface area contributed by atoms with Crippen molar-refractivity contribution >= 4 is 11.8 Å². The van der Waals surface area contributed by atoms with Gasteiger partial charge in [0.25, 0.3) is 0 Å². The van der Waals surface area contributed by atoms with E-state index in [0.29, 0.717) is 12.6 Å². The molecule has 4 heterocycles. The number of ether oxygens (including phenoxy) is 2. The number of aryl methyl sites for hydroxylation is 2. The quantitative estimate of drug-likeness (QED) is 0.620. The Labute approximate surface area is 240 Å². The summed E-state index contributed by atoms with van der Waals surface area (Å²) in [5.74, 6) is 0. The fourth-order valence-electron chi connectivity index (χ4n) is 6.41. The number of benzene rings is 1. The lowest BCUT2D eigenvalue weighted by molar-refractivity contribution is -0.0117. The predicted molar refractivity (Wildman–Crippen MR) is 159 cm³/mol. The number of amides is 1. The SMILES string of the molecule is CNCC1Cc2c(cccc2N2CCN3CCOCC3C2)CN1C(=O)OC(C)(C)C.c1cnc2c(c1)CCCC2. The summed E-state index contributed by atoms with van der Waals surface area (Å²) in [7, 11) is 1.94. The zero-order valence-corrected chi connectivity index (χ0v) is 24.8. The van der Waals surface area contributed by atoms with Gasteiger partial charge in [-0.15, -0.1) is 0 Å². The van der Waals surface area contributed by atoms with Crippen LogP contribution in [0.4, 0.5) is 10.5 Å². The molecule has 1 amide bonds. The van der Waals surface area contributed by atoms with Gasteiger partial charge in [0.2, 0.25) is 0 Å². The minimum atomic E-state index is -0.495. The maximum absolute atomic E-state index is 12.9.